The van der Waals surface area contributed by atoms with Crippen LogP contribution in [-0.4, -0.2) is 74.9 Å². The van der Waals surface area contributed by atoms with E-state index in [-0.39, 0.29) is 26.1 Å². The van der Waals surface area contributed by atoms with Crippen LogP contribution in [0.2, 0.25) is 0 Å². The molecule has 0 fully saturated rings. The van der Waals surface area contributed by atoms with Crippen LogP contribution >= 0.6 is 7.82 Å². The standard InChI is InChI=1S/C37H68NO8P/c1-6-8-10-12-14-16-17-18-19-20-21-22-24-25-27-29-36(39)43-33-35(34-45-47(41,42)44-32-31-38(3,4)5)46-37(40)30-28-26-23-15-13-11-9-7-2/h14,16,18-19,21-22,35H,6-13,15,17,20,23-34H2,1-5H3/p+1/b16-14+,19-18+,22-21+/t35-/m0/s1. The summed E-state index contributed by atoms with van der Waals surface area (Å²) in [6, 6.07) is 0. The molecule has 0 radical (unpaired) electrons. The molecule has 2 atom stereocenters. The number of nitrogens with zero attached hydrogens (tertiary/aromatic N) is 1. The van der Waals surface area contributed by atoms with E-state index in [1.807, 2.05) is 21.1 Å². The molecule has 10 heteroatoms. The van der Waals surface area contributed by atoms with E-state index in [1.54, 1.807) is 0 Å². The highest BCUT2D eigenvalue weighted by Crippen LogP contribution is 2.43. The van der Waals surface area contributed by atoms with Gasteiger partial charge in [-0.15, -0.1) is 0 Å². The van der Waals surface area contributed by atoms with Crippen LogP contribution in [0.25, 0.3) is 0 Å². The fourth-order valence-electron chi connectivity index (χ4n) is 4.49. The molecule has 0 aromatic carbocycles. The van der Waals surface area contributed by atoms with Crippen molar-refractivity contribution < 1.29 is 42.1 Å². The molecule has 0 aromatic rings. The smallest absolute Gasteiger partial charge is 0.462 e. The molecule has 0 aromatic heterocycles. The van der Waals surface area contributed by atoms with Crippen LogP contribution in [0.1, 0.15) is 136 Å². The largest absolute Gasteiger partial charge is 0.472 e. The lowest BCUT2D eigenvalue weighted by atomic mass is 10.1. The zero-order chi connectivity index (χ0) is 35.1. The maximum absolute atomic E-state index is 12.5. The number of quaternary nitrogens is 1. The Labute approximate surface area is 287 Å². The van der Waals surface area contributed by atoms with Crippen molar-refractivity contribution in [1.29, 1.82) is 0 Å². The van der Waals surface area contributed by atoms with Crippen molar-refractivity contribution in [2.75, 3.05) is 47.5 Å². The van der Waals surface area contributed by atoms with E-state index in [1.165, 1.54) is 44.9 Å². The van der Waals surface area contributed by atoms with E-state index in [0.29, 0.717) is 23.9 Å². The fraction of sp³-hybridized carbons (Fsp3) is 0.784. The minimum Gasteiger partial charge on any atom is -0.462 e. The number of carbonyl (C=O) groups excluding carboxylic acids is 2. The van der Waals surface area contributed by atoms with E-state index in [9.17, 15) is 19.0 Å². The van der Waals surface area contributed by atoms with E-state index in [0.717, 1.165) is 51.4 Å². The minimum atomic E-state index is -4.37. The van der Waals surface area contributed by atoms with Crippen LogP contribution in [0.5, 0.6) is 0 Å². The van der Waals surface area contributed by atoms with E-state index >= 15 is 0 Å². The molecule has 0 aliphatic carbocycles. The SMILES string of the molecule is CCCCC/C=C/C/C=C/C/C=C/CCCCC(=O)OC[C@@H](COP(=O)(O)OCC[N+](C)(C)C)OC(=O)CCCCCCCCCC. The summed E-state index contributed by atoms with van der Waals surface area (Å²) in [5, 5.41) is 0. The Balaban J connectivity index is 4.49. The van der Waals surface area contributed by atoms with Crippen LogP contribution in [0.15, 0.2) is 36.5 Å². The number of likely N-dealkylation sites (N-methyl/N-ethyl adjacent to an activating group) is 1. The second kappa shape index (κ2) is 30.3. The average Bonchev–Trinajstić information content (AvgIpc) is 3.01. The molecule has 0 amide bonds. The van der Waals surface area contributed by atoms with Crippen LogP contribution in [0.4, 0.5) is 0 Å². The highest BCUT2D eigenvalue weighted by molar-refractivity contribution is 7.47. The number of esters is 2. The monoisotopic (exact) mass is 686 g/mol. The summed E-state index contributed by atoms with van der Waals surface area (Å²) in [5.74, 6) is -0.852. The van der Waals surface area contributed by atoms with Gasteiger partial charge < -0.3 is 18.9 Å². The predicted octanol–water partition coefficient (Wildman–Crippen LogP) is 9.40. The first-order chi connectivity index (χ1) is 22.5. The first kappa shape index (κ1) is 45.2. The molecule has 0 heterocycles. The van der Waals surface area contributed by atoms with Gasteiger partial charge in [-0.2, -0.15) is 0 Å². The highest BCUT2D eigenvalue weighted by atomic mass is 31.2. The number of phosphoric acid groups is 1. The lowest BCUT2D eigenvalue weighted by Crippen LogP contribution is -2.37. The third-order valence-electron chi connectivity index (χ3n) is 7.42. The number of ether oxygens (including phenoxy) is 2. The summed E-state index contributed by atoms with van der Waals surface area (Å²) in [5.41, 5.74) is 0. The topological polar surface area (TPSA) is 108 Å². The summed E-state index contributed by atoms with van der Waals surface area (Å²) < 4.78 is 34.0. The number of allylic oxidation sites excluding steroid dienone is 6. The summed E-state index contributed by atoms with van der Waals surface area (Å²) in [4.78, 5) is 35.0. The van der Waals surface area contributed by atoms with Crippen LogP contribution in [0, 0.1) is 0 Å². The number of phosphoric ester groups is 1. The molecule has 1 N–H and O–H groups in total. The van der Waals surface area contributed by atoms with E-state index in [2.05, 4.69) is 50.3 Å². The van der Waals surface area contributed by atoms with Gasteiger partial charge in [-0.05, 0) is 51.4 Å². The molecule has 274 valence electrons. The van der Waals surface area contributed by atoms with Gasteiger partial charge in [0.25, 0.3) is 0 Å². The maximum atomic E-state index is 12.5. The van der Waals surface area contributed by atoms with Crippen molar-refractivity contribution in [3.8, 4) is 0 Å². The Hall–Kier alpha value is -1.77. The molecule has 0 rings (SSSR count). The van der Waals surface area contributed by atoms with Gasteiger partial charge in [0.1, 0.15) is 19.8 Å². The van der Waals surface area contributed by atoms with Gasteiger partial charge in [-0.1, -0.05) is 108 Å². The molecule has 0 bridgehead atoms. The summed E-state index contributed by atoms with van der Waals surface area (Å²) in [6.45, 7) is 4.28. The van der Waals surface area contributed by atoms with Crippen molar-refractivity contribution in [3.63, 3.8) is 0 Å². The van der Waals surface area contributed by atoms with E-state index < -0.39 is 32.5 Å². The van der Waals surface area contributed by atoms with Crippen LogP contribution < -0.4 is 0 Å². The molecular formula is C37H69NO8P+. The van der Waals surface area contributed by atoms with Crippen molar-refractivity contribution in [3.05, 3.63) is 36.5 Å². The number of rotatable bonds is 32. The molecule has 0 spiro atoms. The number of hydrogen-bond donors (Lipinski definition) is 1. The van der Waals surface area contributed by atoms with Gasteiger partial charge in [-0.3, -0.25) is 18.6 Å². The first-order valence-corrected chi connectivity index (χ1v) is 19.7. The molecule has 0 saturated heterocycles. The highest BCUT2D eigenvalue weighted by Gasteiger charge is 2.27. The van der Waals surface area contributed by atoms with Gasteiger partial charge in [0.05, 0.1) is 27.7 Å². The Morgan fingerprint density at radius 3 is 1.74 bits per heavy atom. The van der Waals surface area contributed by atoms with Gasteiger partial charge >= 0.3 is 19.8 Å². The Morgan fingerprint density at radius 1 is 0.660 bits per heavy atom. The van der Waals surface area contributed by atoms with Crippen LogP contribution in [-0.2, 0) is 32.7 Å². The number of hydrogen-bond acceptors (Lipinski definition) is 7. The molecule has 0 aliphatic heterocycles. The zero-order valence-electron chi connectivity index (χ0n) is 30.5. The van der Waals surface area contributed by atoms with Crippen LogP contribution in [0.3, 0.4) is 0 Å². The molecule has 0 saturated carbocycles. The molecule has 0 aliphatic rings. The molecule has 9 nitrogen and oxygen atoms in total. The Morgan fingerprint density at radius 2 is 1.15 bits per heavy atom. The summed E-state index contributed by atoms with van der Waals surface area (Å²) >= 11 is 0. The molecule has 47 heavy (non-hydrogen) atoms. The van der Waals surface area contributed by atoms with Gasteiger partial charge in [0.15, 0.2) is 6.10 Å². The summed E-state index contributed by atoms with van der Waals surface area (Å²) in [6.07, 6.45) is 30.6. The molecular weight excluding hydrogens is 617 g/mol. The zero-order valence-corrected chi connectivity index (χ0v) is 31.4. The normalized spacial score (nSPS) is 14.3. The van der Waals surface area contributed by atoms with Gasteiger partial charge in [0.2, 0.25) is 0 Å². The van der Waals surface area contributed by atoms with Crippen molar-refractivity contribution in [1.82, 2.24) is 0 Å². The second-order valence-electron chi connectivity index (χ2n) is 13.3. The predicted molar refractivity (Wildman–Crippen MR) is 192 cm³/mol. The minimum absolute atomic E-state index is 0.0257. The number of carbonyl (C=O) groups is 2. The third-order valence-corrected chi connectivity index (χ3v) is 8.41. The summed E-state index contributed by atoms with van der Waals surface area (Å²) in [7, 11) is 1.45. The van der Waals surface area contributed by atoms with Crippen molar-refractivity contribution >= 4 is 19.8 Å². The van der Waals surface area contributed by atoms with Gasteiger partial charge in [0, 0.05) is 12.8 Å². The molecule has 1 unspecified atom stereocenters. The fourth-order valence-corrected chi connectivity index (χ4v) is 5.23. The van der Waals surface area contributed by atoms with Gasteiger partial charge in [-0.25, -0.2) is 4.57 Å². The third kappa shape index (κ3) is 33.9. The van der Waals surface area contributed by atoms with E-state index in [4.69, 9.17) is 18.5 Å². The average molecular weight is 687 g/mol. The lowest BCUT2D eigenvalue weighted by molar-refractivity contribution is -0.870. The second-order valence-corrected chi connectivity index (χ2v) is 14.7. The Kier molecular flexibility index (Phi) is 29.2. The van der Waals surface area contributed by atoms with Crippen molar-refractivity contribution in [2.45, 2.75) is 142 Å². The first-order valence-electron chi connectivity index (χ1n) is 18.2. The quantitative estimate of drug-likeness (QED) is 0.0245. The maximum Gasteiger partial charge on any atom is 0.472 e. The Bertz CT molecular complexity index is 913. The number of unbranched alkanes of at least 4 members (excludes halogenated alkanes) is 12. The lowest BCUT2D eigenvalue weighted by Gasteiger charge is -2.24. The van der Waals surface area contributed by atoms with Crippen molar-refractivity contribution in [2.24, 2.45) is 0 Å².